The zero-order chi connectivity index (χ0) is 11.1. The summed E-state index contributed by atoms with van der Waals surface area (Å²) in [6.07, 6.45) is 2.49. The average Bonchev–Trinajstić information content (AvgIpc) is 2.42. The van der Waals surface area contributed by atoms with Gasteiger partial charge in [0.25, 0.3) is 10.1 Å². The molecule has 86 valence electrons. The molecule has 0 spiro atoms. The lowest BCUT2D eigenvalue weighted by atomic mass is 9.92. The number of fused-ring (bicyclic) bond motifs is 1. The Kier molecular flexibility index (Phi) is 2.72. The second kappa shape index (κ2) is 3.75. The van der Waals surface area contributed by atoms with Crippen molar-refractivity contribution in [3.63, 3.8) is 0 Å². The van der Waals surface area contributed by atoms with Crippen LogP contribution in [0.4, 0.5) is 0 Å². The summed E-state index contributed by atoms with van der Waals surface area (Å²) < 4.78 is 31.7. The van der Waals surface area contributed by atoms with Crippen molar-refractivity contribution in [2.45, 2.75) is 25.4 Å². The van der Waals surface area contributed by atoms with E-state index in [0.717, 1.165) is 6.26 Å². The Morgan fingerprint density at radius 1 is 1.33 bits per heavy atom. The Morgan fingerprint density at radius 2 is 2.00 bits per heavy atom. The van der Waals surface area contributed by atoms with Gasteiger partial charge in [-0.15, -0.1) is 0 Å². The first kappa shape index (κ1) is 10.9. The Balaban J connectivity index is 1.96. The second-order valence-electron chi connectivity index (χ2n) is 4.30. The van der Waals surface area contributed by atoms with Crippen LogP contribution in [0.25, 0.3) is 0 Å². The monoisotopic (exact) mass is 234 g/mol. The molecule has 2 fully saturated rings. The molecule has 0 aromatic carbocycles. The number of rotatable bonds is 2. The molecule has 0 aromatic heterocycles. The molecule has 5 nitrogen and oxygen atoms in total. The lowest BCUT2D eigenvalue weighted by molar-refractivity contribution is -0.151. The lowest BCUT2D eigenvalue weighted by Gasteiger charge is -2.23. The van der Waals surface area contributed by atoms with E-state index in [9.17, 15) is 13.2 Å². The average molecular weight is 234 g/mol. The van der Waals surface area contributed by atoms with Gasteiger partial charge in [-0.25, -0.2) is 0 Å². The van der Waals surface area contributed by atoms with Crippen LogP contribution in [-0.2, 0) is 23.8 Å². The molecule has 1 saturated heterocycles. The molecule has 1 unspecified atom stereocenters. The van der Waals surface area contributed by atoms with Gasteiger partial charge < -0.3 is 4.74 Å². The summed E-state index contributed by atoms with van der Waals surface area (Å²) in [5.41, 5.74) is 0. The van der Waals surface area contributed by atoms with Crippen molar-refractivity contribution >= 4 is 16.1 Å². The van der Waals surface area contributed by atoms with E-state index in [2.05, 4.69) is 0 Å². The van der Waals surface area contributed by atoms with E-state index in [-0.39, 0.29) is 23.9 Å². The van der Waals surface area contributed by atoms with Crippen LogP contribution >= 0.6 is 0 Å². The van der Waals surface area contributed by atoms with Crippen LogP contribution in [0.5, 0.6) is 0 Å². The number of hydrogen-bond acceptors (Lipinski definition) is 5. The van der Waals surface area contributed by atoms with Crippen molar-refractivity contribution in [1.29, 1.82) is 0 Å². The van der Waals surface area contributed by atoms with Crippen LogP contribution in [0.3, 0.4) is 0 Å². The number of carbonyl (C=O) groups excluding carboxylic acids is 1. The highest BCUT2D eigenvalue weighted by Gasteiger charge is 2.40. The summed E-state index contributed by atoms with van der Waals surface area (Å²) in [4.78, 5) is 11.0. The molecular formula is C9H14O5S. The summed E-state index contributed by atoms with van der Waals surface area (Å²) in [6.45, 7) is 0.410. The summed E-state index contributed by atoms with van der Waals surface area (Å²) in [5.74, 6) is 0.323. The quantitative estimate of drug-likeness (QED) is 0.508. The summed E-state index contributed by atoms with van der Waals surface area (Å²) >= 11 is 0. The van der Waals surface area contributed by atoms with E-state index in [1.807, 2.05) is 0 Å². The van der Waals surface area contributed by atoms with Crippen LogP contribution in [0.2, 0.25) is 0 Å². The van der Waals surface area contributed by atoms with Gasteiger partial charge >= 0.3 is 5.97 Å². The van der Waals surface area contributed by atoms with E-state index >= 15 is 0 Å². The fourth-order valence-electron chi connectivity index (χ4n) is 2.41. The van der Waals surface area contributed by atoms with Gasteiger partial charge in [0.05, 0.1) is 19.0 Å². The Bertz CT molecular complexity index is 361. The molecule has 3 atom stereocenters. The maximum Gasteiger partial charge on any atom is 0.306 e. The summed E-state index contributed by atoms with van der Waals surface area (Å²) in [6, 6.07) is 0. The van der Waals surface area contributed by atoms with E-state index in [1.165, 1.54) is 0 Å². The van der Waals surface area contributed by atoms with Crippen molar-refractivity contribution in [2.24, 2.45) is 11.8 Å². The predicted molar refractivity (Wildman–Crippen MR) is 51.5 cm³/mol. The summed E-state index contributed by atoms with van der Waals surface area (Å²) in [7, 11) is -3.39. The predicted octanol–water partition coefficient (Wildman–Crippen LogP) is 0.304. The molecular weight excluding hydrogens is 220 g/mol. The topological polar surface area (TPSA) is 69.7 Å². The highest BCUT2D eigenvalue weighted by molar-refractivity contribution is 7.86. The maximum atomic E-state index is 11.0. The third-order valence-corrected chi connectivity index (χ3v) is 3.62. The van der Waals surface area contributed by atoms with Crippen LogP contribution in [-0.4, -0.2) is 33.4 Å². The van der Waals surface area contributed by atoms with Gasteiger partial charge in [0.2, 0.25) is 0 Å². The number of cyclic esters (lactones) is 1. The van der Waals surface area contributed by atoms with E-state index in [1.54, 1.807) is 0 Å². The van der Waals surface area contributed by atoms with Crippen LogP contribution < -0.4 is 0 Å². The Morgan fingerprint density at radius 3 is 2.67 bits per heavy atom. The first-order valence-electron chi connectivity index (χ1n) is 4.98. The normalized spacial score (nSPS) is 36.1. The molecule has 0 amide bonds. The zero-order valence-electron chi connectivity index (χ0n) is 8.51. The van der Waals surface area contributed by atoms with Crippen LogP contribution in [0.1, 0.15) is 19.3 Å². The molecule has 1 aliphatic heterocycles. The van der Waals surface area contributed by atoms with Crippen LogP contribution in [0.15, 0.2) is 0 Å². The third kappa shape index (κ3) is 2.69. The standard InChI is InChI=1S/C9H14O5S/c1-15(11,12)14-8-2-6-4-9(10)13-5-7(6)3-8/h6-8H,2-5H2,1H3/t6-,7+,8?/m1/s1. The SMILES string of the molecule is CS(=O)(=O)OC1C[C@H]2COC(=O)C[C@H]2C1. The molecule has 1 heterocycles. The first-order valence-corrected chi connectivity index (χ1v) is 6.79. The lowest BCUT2D eigenvalue weighted by Crippen LogP contribution is -2.26. The molecule has 0 N–H and O–H groups in total. The Hall–Kier alpha value is -0.620. The fourth-order valence-corrected chi connectivity index (χ4v) is 3.06. The number of hydrogen-bond donors (Lipinski definition) is 0. The molecule has 0 aromatic rings. The maximum absolute atomic E-state index is 11.0. The third-order valence-electron chi connectivity index (χ3n) is 3.00. The molecule has 2 rings (SSSR count). The van der Waals surface area contributed by atoms with Gasteiger partial charge in [0.1, 0.15) is 0 Å². The van der Waals surface area contributed by atoms with Gasteiger partial charge in [0.15, 0.2) is 0 Å². The van der Waals surface area contributed by atoms with Crippen molar-refractivity contribution in [3.8, 4) is 0 Å². The van der Waals surface area contributed by atoms with Gasteiger partial charge in [-0.2, -0.15) is 8.42 Å². The number of carbonyl (C=O) groups is 1. The van der Waals surface area contributed by atoms with Gasteiger partial charge in [-0.05, 0) is 24.7 Å². The minimum Gasteiger partial charge on any atom is -0.465 e. The minimum atomic E-state index is -3.39. The zero-order valence-corrected chi connectivity index (χ0v) is 9.33. The van der Waals surface area contributed by atoms with Crippen molar-refractivity contribution in [2.75, 3.05) is 12.9 Å². The largest absolute Gasteiger partial charge is 0.465 e. The van der Waals surface area contributed by atoms with Crippen molar-refractivity contribution in [1.82, 2.24) is 0 Å². The second-order valence-corrected chi connectivity index (χ2v) is 5.90. The van der Waals surface area contributed by atoms with Gasteiger partial charge in [-0.1, -0.05) is 0 Å². The fraction of sp³-hybridized carbons (Fsp3) is 0.889. The van der Waals surface area contributed by atoms with E-state index in [0.29, 0.717) is 25.9 Å². The van der Waals surface area contributed by atoms with Gasteiger partial charge in [0, 0.05) is 6.42 Å². The first-order chi connectivity index (χ1) is 6.94. The van der Waals surface area contributed by atoms with Crippen LogP contribution in [0, 0.1) is 11.8 Å². The molecule has 2 aliphatic rings. The van der Waals surface area contributed by atoms with Crippen molar-refractivity contribution < 1.29 is 22.1 Å². The molecule has 0 bridgehead atoms. The van der Waals surface area contributed by atoms with Gasteiger partial charge in [-0.3, -0.25) is 8.98 Å². The van der Waals surface area contributed by atoms with Crippen molar-refractivity contribution in [3.05, 3.63) is 0 Å². The minimum absolute atomic E-state index is 0.184. The molecule has 6 heteroatoms. The number of esters is 1. The molecule has 1 saturated carbocycles. The molecule has 0 radical (unpaired) electrons. The smallest absolute Gasteiger partial charge is 0.306 e. The molecule has 1 aliphatic carbocycles. The summed E-state index contributed by atoms with van der Waals surface area (Å²) in [5, 5.41) is 0. The highest BCUT2D eigenvalue weighted by Crippen LogP contribution is 2.39. The number of ether oxygens (including phenoxy) is 1. The van der Waals surface area contributed by atoms with E-state index in [4.69, 9.17) is 8.92 Å². The molecule has 15 heavy (non-hydrogen) atoms. The van der Waals surface area contributed by atoms with E-state index < -0.39 is 10.1 Å². The highest BCUT2D eigenvalue weighted by atomic mass is 32.2. The Labute approximate surface area is 88.9 Å².